The van der Waals surface area contributed by atoms with Gasteiger partial charge in [-0.1, -0.05) is 6.92 Å². The molecule has 1 heterocycles. The first-order chi connectivity index (χ1) is 9.47. The number of carbonyl (C=O) groups is 1. The first kappa shape index (κ1) is 14.6. The molecule has 20 heavy (non-hydrogen) atoms. The van der Waals surface area contributed by atoms with E-state index >= 15 is 0 Å². The van der Waals surface area contributed by atoms with Crippen molar-refractivity contribution >= 4 is 29.2 Å². The summed E-state index contributed by atoms with van der Waals surface area (Å²) in [5.74, 6) is 0.938. The molecule has 1 aromatic rings. The summed E-state index contributed by atoms with van der Waals surface area (Å²) in [5.41, 5.74) is 1.19. The quantitative estimate of drug-likeness (QED) is 0.672. The number of nitrogens with zero attached hydrogens (tertiary/aromatic N) is 2. The van der Waals surface area contributed by atoms with Gasteiger partial charge in [-0.15, -0.1) is 0 Å². The fraction of sp³-hybridized carbons (Fsp3) is 0.462. The fourth-order valence-electron chi connectivity index (χ4n) is 2.14. The van der Waals surface area contributed by atoms with Gasteiger partial charge >= 0.3 is 6.03 Å². The zero-order chi connectivity index (χ0) is 14.7. The summed E-state index contributed by atoms with van der Waals surface area (Å²) < 4.78 is 0. The zero-order valence-corrected chi connectivity index (χ0v) is 12.3. The van der Waals surface area contributed by atoms with E-state index < -0.39 is 4.92 Å². The minimum atomic E-state index is -0.426. The number of benzene rings is 1. The molecule has 2 amide bonds. The van der Waals surface area contributed by atoms with Crippen molar-refractivity contribution in [3.8, 4) is 0 Å². The molecule has 1 N–H and O–H groups in total. The second kappa shape index (κ2) is 6.13. The van der Waals surface area contributed by atoms with Crippen LogP contribution in [0.15, 0.2) is 18.2 Å². The number of amides is 2. The van der Waals surface area contributed by atoms with Crippen LogP contribution in [0, 0.1) is 17.0 Å². The van der Waals surface area contributed by atoms with Crippen molar-refractivity contribution in [2.45, 2.75) is 19.1 Å². The highest BCUT2D eigenvalue weighted by atomic mass is 32.2. The number of hydrogen-bond donors (Lipinski definition) is 1. The molecular weight excluding hydrogens is 278 g/mol. The zero-order valence-electron chi connectivity index (χ0n) is 11.5. The van der Waals surface area contributed by atoms with Crippen molar-refractivity contribution < 1.29 is 9.72 Å². The Morgan fingerprint density at radius 3 is 2.90 bits per heavy atom. The molecule has 0 saturated carbocycles. The van der Waals surface area contributed by atoms with Crippen LogP contribution in [0.3, 0.4) is 0 Å². The van der Waals surface area contributed by atoms with Gasteiger partial charge in [-0.05, 0) is 19.1 Å². The van der Waals surface area contributed by atoms with Crippen LogP contribution in [0.5, 0.6) is 0 Å². The van der Waals surface area contributed by atoms with E-state index in [0.29, 0.717) is 16.5 Å². The first-order valence-corrected chi connectivity index (χ1v) is 7.45. The third-order valence-corrected chi connectivity index (χ3v) is 4.31. The van der Waals surface area contributed by atoms with Gasteiger partial charge in [-0.25, -0.2) is 4.79 Å². The Bertz CT molecular complexity index is 536. The molecule has 6 nitrogen and oxygen atoms in total. The number of hydrogen-bond acceptors (Lipinski definition) is 4. The van der Waals surface area contributed by atoms with Crippen LogP contribution in [0.2, 0.25) is 0 Å². The molecule has 1 aromatic carbocycles. The Hall–Kier alpha value is -1.76. The molecule has 1 aliphatic heterocycles. The van der Waals surface area contributed by atoms with Gasteiger partial charge in [0.1, 0.15) is 0 Å². The summed E-state index contributed by atoms with van der Waals surface area (Å²) in [6.07, 6.45) is 0. The number of aryl methyl sites for hydroxylation is 1. The highest BCUT2D eigenvalue weighted by molar-refractivity contribution is 7.99. The Morgan fingerprint density at radius 2 is 2.30 bits per heavy atom. The van der Waals surface area contributed by atoms with Gasteiger partial charge in [0, 0.05) is 41.4 Å². The maximum atomic E-state index is 12.1. The number of nitro groups is 1. The van der Waals surface area contributed by atoms with E-state index in [-0.39, 0.29) is 11.7 Å². The second-order valence-corrected chi connectivity index (χ2v) is 6.36. The number of rotatable bonds is 2. The normalized spacial score (nSPS) is 18.7. The SMILES string of the molecule is Cc1cc(NC(=O)N2CCS[C@@H](C)C2)ccc1[N+](=O)[O-]. The van der Waals surface area contributed by atoms with Crippen molar-refractivity contribution in [3.05, 3.63) is 33.9 Å². The summed E-state index contributed by atoms with van der Waals surface area (Å²) in [4.78, 5) is 24.2. The van der Waals surface area contributed by atoms with Gasteiger partial charge in [0.2, 0.25) is 0 Å². The van der Waals surface area contributed by atoms with Gasteiger partial charge in [0.05, 0.1) is 4.92 Å². The number of nitro benzene ring substituents is 1. The van der Waals surface area contributed by atoms with E-state index in [9.17, 15) is 14.9 Å². The predicted molar refractivity (Wildman–Crippen MR) is 80.3 cm³/mol. The van der Waals surface area contributed by atoms with Crippen LogP contribution in [-0.2, 0) is 0 Å². The lowest BCUT2D eigenvalue weighted by Gasteiger charge is -2.30. The van der Waals surface area contributed by atoms with Crippen molar-refractivity contribution in [1.82, 2.24) is 4.90 Å². The van der Waals surface area contributed by atoms with Gasteiger partial charge in [0.25, 0.3) is 5.69 Å². The molecule has 108 valence electrons. The largest absolute Gasteiger partial charge is 0.323 e. The summed E-state index contributed by atoms with van der Waals surface area (Å²) in [5, 5.41) is 14.0. The minimum absolute atomic E-state index is 0.0611. The maximum Gasteiger partial charge on any atom is 0.321 e. The average molecular weight is 295 g/mol. The van der Waals surface area contributed by atoms with E-state index in [1.54, 1.807) is 24.0 Å². The molecule has 0 bridgehead atoms. The smallest absolute Gasteiger partial charge is 0.321 e. The summed E-state index contributed by atoms with van der Waals surface area (Å²) >= 11 is 1.86. The number of carbonyl (C=O) groups excluding carboxylic acids is 1. The number of nitrogens with one attached hydrogen (secondary N) is 1. The molecule has 1 fully saturated rings. The van der Waals surface area contributed by atoms with Crippen molar-refractivity contribution in [3.63, 3.8) is 0 Å². The van der Waals surface area contributed by atoms with E-state index in [1.165, 1.54) is 6.07 Å². The Kier molecular flexibility index (Phi) is 4.49. The van der Waals surface area contributed by atoms with Crippen LogP contribution in [0.1, 0.15) is 12.5 Å². The van der Waals surface area contributed by atoms with Crippen LogP contribution < -0.4 is 5.32 Å². The van der Waals surface area contributed by atoms with Gasteiger partial charge in [-0.2, -0.15) is 11.8 Å². The maximum absolute atomic E-state index is 12.1. The van der Waals surface area contributed by atoms with E-state index in [4.69, 9.17) is 0 Å². The molecule has 7 heteroatoms. The lowest BCUT2D eigenvalue weighted by Crippen LogP contribution is -2.43. The second-order valence-electron chi connectivity index (χ2n) is 4.82. The molecule has 1 atom stereocenters. The van der Waals surface area contributed by atoms with E-state index in [1.807, 2.05) is 11.8 Å². The number of anilines is 1. The molecule has 2 rings (SSSR count). The lowest BCUT2D eigenvalue weighted by molar-refractivity contribution is -0.385. The van der Waals surface area contributed by atoms with Gasteiger partial charge in [0.15, 0.2) is 0 Å². The Morgan fingerprint density at radius 1 is 1.55 bits per heavy atom. The van der Waals surface area contributed by atoms with Crippen LogP contribution in [-0.4, -0.2) is 39.9 Å². The Balaban J connectivity index is 2.04. The van der Waals surface area contributed by atoms with Crippen molar-refractivity contribution in [1.29, 1.82) is 0 Å². The van der Waals surface area contributed by atoms with Crippen molar-refractivity contribution in [2.75, 3.05) is 24.2 Å². The monoisotopic (exact) mass is 295 g/mol. The molecule has 1 saturated heterocycles. The molecule has 1 aliphatic rings. The minimum Gasteiger partial charge on any atom is -0.323 e. The van der Waals surface area contributed by atoms with Crippen LogP contribution in [0.25, 0.3) is 0 Å². The molecule has 0 unspecified atom stereocenters. The molecule has 0 radical (unpaired) electrons. The summed E-state index contributed by atoms with van der Waals surface area (Å²) in [7, 11) is 0. The van der Waals surface area contributed by atoms with Crippen molar-refractivity contribution in [2.24, 2.45) is 0 Å². The number of thioether (sulfide) groups is 1. The average Bonchev–Trinajstić information content (AvgIpc) is 2.38. The third-order valence-electron chi connectivity index (χ3n) is 3.17. The molecular formula is C13H17N3O3S. The number of urea groups is 1. The first-order valence-electron chi connectivity index (χ1n) is 6.40. The van der Waals surface area contributed by atoms with Gasteiger partial charge < -0.3 is 10.2 Å². The molecule has 0 spiro atoms. The Labute approximate surface area is 121 Å². The van der Waals surface area contributed by atoms with E-state index in [0.717, 1.165) is 18.8 Å². The summed E-state index contributed by atoms with van der Waals surface area (Å²) in [6.45, 7) is 5.21. The lowest BCUT2D eigenvalue weighted by atomic mass is 10.2. The van der Waals surface area contributed by atoms with E-state index in [2.05, 4.69) is 12.2 Å². The predicted octanol–water partition coefficient (Wildman–Crippen LogP) is 2.87. The third kappa shape index (κ3) is 3.41. The highest BCUT2D eigenvalue weighted by Crippen LogP contribution is 2.23. The molecule has 0 aliphatic carbocycles. The fourth-order valence-corrected chi connectivity index (χ4v) is 3.16. The highest BCUT2D eigenvalue weighted by Gasteiger charge is 2.21. The van der Waals surface area contributed by atoms with Crippen LogP contribution in [0.4, 0.5) is 16.2 Å². The summed E-state index contributed by atoms with van der Waals surface area (Å²) in [6, 6.07) is 4.45. The topological polar surface area (TPSA) is 75.5 Å². The van der Waals surface area contributed by atoms with Gasteiger partial charge in [-0.3, -0.25) is 10.1 Å². The van der Waals surface area contributed by atoms with Crippen LogP contribution >= 0.6 is 11.8 Å². The standard InChI is InChI=1S/C13H17N3O3S/c1-9-7-11(3-4-12(9)16(18)19)14-13(17)15-5-6-20-10(2)8-15/h3-4,7,10H,5-6,8H2,1-2H3,(H,14,17)/t10-/m0/s1. The molecule has 0 aromatic heterocycles.